The molecule has 0 unspecified atom stereocenters. The SMILES string of the molecule is Nc1cc(F)ccc1S(=O)(=O)Nc1cnccc1Cl. The van der Waals surface area contributed by atoms with E-state index < -0.39 is 15.8 Å². The van der Waals surface area contributed by atoms with Crippen LogP contribution < -0.4 is 10.5 Å². The van der Waals surface area contributed by atoms with Crippen molar-refractivity contribution in [3.8, 4) is 0 Å². The summed E-state index contributed by atoms with van der Waals surface area (Å²) >= 11 is 5.82. The molecule has 0 spiro atoms. The van der Waals surface area contributed by atoms with E-state index in [2.05, 4.69) is 9.71 Å². The Bertz CT molecular complexity index is 722. The van der Waals surface area contributed by atoms with Gasteiger partial charge in [0, 0.05) is 6.20 Å². The first kappa shape index (κ1) is 13.6. The van der Waals surface area contributed by atoms with Crippen LogP contribution in [-0.4, -0.2) is 13.4 Å². The average molecular weight is 302 g/mol. The van der Waals surface area contributed by atoms with Crippen molar-refractivity contribution >= 4 is 33.0 Å². The van der Waals surface area contributed by atoms with Crippen molar-refractivity contribution in [2.45, 2.75) is 4.90 Å². The smallest absolute Gasteiger partial charge is 0.264 e. The van der Waals surface area contributed by atoms with Gasteiger partial charge < -0.3 is 5.73 Å². The van der Waals surface area contributed by atoms with Crippen molar-refractivity contribution in [1.82, 2.24) is 4.98 Å². The molecule has 0 bridgehead atoms. The number of nitrogens with zero attached hydrogens (tertiary/aromatic N) is 1. The summed E-state index contributed by atoms with van der Waals surface area (Å²) in [5, 5.41) is 0.194. The summed E-state index contributed by atoms with van der Waals surface area (Å²) in [5.74, 6) is -0.615. The van der Waals surface area contributed by atoms with Gasteiger partial charge in [-0.1, -0.05) is 11.6 Å². The van der Waals surface area contributed by atoms with E-state index in [9.17, 15) is 12.8 Å². The average Bonchev–Trinajstić information content (AvgIpc) is 2.31. The van der Waals surface area contributed by atoms with Crippen LogP contribution in [0.15, 0.2) is 41.6 Å². The molecule has 0 saturated heterocycles. The molecule has 0 radical (unpaired) electrons. The number of aromatic nitrogens is 1. The molecular weight excluding hydrogens is 293 g/mol. The second kappa shape index (κ2) is 5.02. The van der Waals surface area contributed by atoms with Gasteiger partial charge in [-0.05, 0) is 24.3 Å². The summed E-state index contributed by atoms with van der Waals surface area (Å²) in [7, 11) is -3.95. The fraction of sp³-hybridized carbons (Fsp3) is 0. The minimum absolute atomic E-state index is 0.118. The van der Waals surface area contributed by atoms with E-state index in [4.69, 9.17) is 17.3 Å². The summed E-state index contributed by atoms with van der Waals surface area (Å²) in [4.78, 5) is 3.53. The lowest BCUT2D eigenvalue weighted by Crippen LogP contribution is -2.15. The summed E-state index contributed by atoms with van der Waals surface area (Å²) < 4.78 is 39.3. The number of nitrogens with two attached hydrogens (primary N) is 1. The number of hydrogen-bond acceptors (Lipinski definition) is 4. The van der Waals surface area contributed by atoms with Crippen LogP contribution in [0.3, 0.4) is 0 Å². The van der Waals surface area contributed by atoms with Crippen LogP contribution in [0.25, 0.3) is 0 Å². The lowest BCUT2D eigenvalue weighted by Gasteiger charge is -2.10. The maximum absolute atomic E-state index is 12.9. The Hall–Kier alpha value is -1.86. The van der Waals surface area contributed by atoms with Crippen LogP contribution in [0.1, 0.15) is 0 Å². The molecule has 2 rings (SSSR count). The van der Waals surface area contributed by atoms with E-state index >= 15 is 0 Å². The maximum atomic E-state index is 12.9. The molecule has 8 heteroatoms. The van der Waals surface area contributed by atoms with Gasteiger partial charge in [-0.3, -0.25) is 9.71 Å². The molecule has 0 aliphatic heterocycles. The van der Waals surface area contributed by atoms with Crippen molar-refractivity contribution in [3.63, 3.8) is 0 Å². The van der Waals surface area contributed by atoms with E-state index in [0.717, 1.165) is 18.2 Å². The molecule has 1 aromatic heterocycles. The van der Waals surface area contributed by atoms with Crippen molar-refractivity contribution in [2.75, 3.05) is 10.5 Å². The van der Waals surface area contributed by atoms with Gasteiger partial charge in [-0.2, -0.15) is 0 Å². The lowest BCUT2D eigenvalue weighted by atomic mass is 10.3. The zero-order chi connectivity index (χ0) is 14.0. The highest BCUT2D eigenvalue weighted by molar-refractivity contribution is 7.92. The summed E-state index contributed by atoms with van der Waals surface area (Å²) in [6, 6.07) is 4.46. The third kappa shape index (κ3) is 2.94. The number of nitrogens with one attached hydrogen (secondary N) is 1. The topological polar surface area (TPSA) is 85.1 Å². The van der Waals surface area contributed by atoms with Gasteiger partial charge in [-0.15, -0.1) is 0 Å². The number of anilines is 2. The molecule has 5 nitrogen and oxygen atoms in total. The number of halogens is 2. The Morgan fingerprint density at radius 2 is 2.05 bits per heavy atom. The van der Waals surface area contributed by atoms with Crippen LogP contribution in [0, 0.1) is 5.82 Å². The highest BCUT2D eigenvalue weighted by Gasteiger charge is 2.19. The van der Waals surface area contributed by atoms with Crippen molar-refractivity contribution in [3.05, 3.63) is 47.5 Å². The van der Waals surface area contributed by atoms with Gasteiger partial charge in [-0.25, -0.2) is 12.8 Å². The normalized spacial score (nSPS) is 11.3. The van der Waals surface area contributed by atoms with Gasteiger partial charge in [0.05, 0.1) is 22.6 Å². The third-order valence-electron chi connectivity index (χ3n) is 2.27. The molecule has 0 aliphatic rings. The highest BCUT2D eigenvalue weighted by atomic mass is 35.5. The minimum Gasteiger partial charge on any atom is -0.398 e. The lowest BCUT2D eigenvalue weighted by molar-refractivity contribution is 0.600. The zero-order valence-corrected chi connectivity index (χ0v) is 11.0. The maximum Gasteiger partial charge on any atom is 0.264 e. The fourth-order valence-electron chi connectivity index (χ4n) is 1.42. The predicted molar refractivity (Wildman–Crippen MR) is 70.9 cm³/mol. The Morgan fingerprint density at radius 1 is 1.32 bits per heavy atom. The Balaban J connectivity index is 2.41. The van der Waals surface area contributed by atoms with Crippen molar-refractivity contribution < 1.29 is 12.8 Å². The van der Waals surface area contributed by atoms with Gasteiger partial charge in [0.2, 0.25) is 0 Å². The highest BCUT2D eigenvalue weighted by Crippen LogP contribution is 2.25. The van der Waals surface area contributed by atoms with E-state index in [0.29, 0.717) is 0 Å². The molecule has 100 valence electrons. The van der Waals surface area contributed by atoms with Crippen LogP contribution in [0.5, 0.6) is 0 Å². The molecule has 0 atom stereocenters. The molecule has 0 saturated carbocycles. The summed E-state index contributed by atoms with van der Waals surface area (Å²) in [6.45, 7) is 0. The quantitative estimate of drug-likeness (QED) is 0.852. The Labute approximate surface area is 114 Å². The minimum atomic E-state index is -3.95. The van der Waals surface area contributed by atoms with E-state index in [-0.39, 0.29) is 21.3 Å². The molecule has 0 fully saturated rings. The number of benzene rings is 1. The molecular formula is C11H9ClFN3O2S. The first-order valence-corrected chi connectivity index (χ1v) is 6.93. The second-order valence-corrected chi connectivity index (χ2v) is 5.70. The van der Waals surface area contributed by atoms with Crippen LogP contribution in [-0.2, 0) is 10.0 Å². The van der Waals surface area contributed by atoms with Gasteiger partial charge >= 0.3 is 0 Å². The summed E-state index contributed by atoms with van der Waals surface area (Å²) in [6.07, 6.45) is 2.69. The van der Waals surface area contributed by atoms with E-state index in [1.807, 2.05) is 0 Å². The Kier molecular flexibility index (Phi) is 3.59. The fourth-order valence-corrected chi connectivity index (χ4v) is 2.80. The molecule has 2 aromatic rings. The molecule has 0 amide bonds. The van der Waals surface area contributed by atoms with Crippen LogP contribution >= 0.6 is 11.6 Å². The molecule has 3 N–H and O–H groups in total. The van der Waals surface area contributed by atoms with Gasteiger partial charge in [0.25, 0.3) is 10.0 Å². The first-order valence-electron chi connectivity index (χ1n) is 5.07. The monoisotopic (exact) mass is 301 g/mol. The third-order valence-corrected chi connectivity index (χ3v) is 4.04. The van der Waals surface area contributed by atoms with Crippen molar-refractivity contribution in [2.24, 2.45) is 0 Å². The molecule has 1 aromatic carbocycles. The van der Waals surface area contributed by atoms with Gasteiger partial charge in [0.15, 0.2) is 0 Å². The standard InChI is InChI=1S/C11H9ClFN3O2S/c12-8-3-4-15-6-10(8)16-19(17,18)11-2-1-7(13)5-9(11)14/h1-6,16H,14H2. The van der Waals surface area contributed by atoms with Gasteiger partial charge in [0.1, 0.15) is 10.7 Å². The molecule has 19 heavy (non-hydrogen) atoms. The van der Waals surface area contributed by atoms with E-state index in [1.54, 1.807) is 0 Å². The number of sulfonamides is 1. The Morgan fingerprint density at radius 3 is 2.68 bits per heavy atom. The van der Waals surface area contributed by atoms with E-state index in [1.165, 1.54) is 18.5 Å². The van der Waals surface area contributed by atoms with Crippen LogP contribution in [0.2, 0.25) is 5.02 Å². The van der Waals surface area contributed by atoms with Crippen molar-refractivity contribution in [1.29, 1.82) is 0 Å². The number of hydrogen-bond donors (Lipinski definition) is 2. The largest absolute Gasteiger partial charge is 0.398 e. The first-order chi connectivity index (χ1) is 8.90. The predicted octanol–water partition coefficient (Wildman–Crippen LogP) is 2.26. The van der Waals surface area contributed by atoms with Crippen LogP contribution in [0.4, 0.5) is 15.8 Å². The zero-order valence-electron chi connectivity index (χ0n) is 9.47. The second-order valence-electron chi connectivity index (χ2n) is 3.64. The number of pyridine rings is 1. The number of nitrogen functional groups attached to an aromatic ring is 1. The molecule has 0 aliphatic carbocycles. The summed E-state index contributed by atoms with van der Waals surface area (Å²) in [5.41, 5.74) is 5.42. The number of rotatable bonds is 3. The molecule has 1 heterocycles.